The summed E-state index contributed by atoms with van der Waals surface area (Å²) in [7, 11) is 0. The number of benzene rings is 2. The Balaban J connectivity index is 2.00. The molecule has 2 nitrogen and oxygen atoms in total. The van der Waals surface area contributed by atoms with Crippen LogP contribution in [0.15, 0.2) is 36.4 Å². The van der Waals surface area contributed by atoms with Gasteiger partial charge in [-0.2, -0.15) is 0 Å². The summed E-state index contributed by atoms with van der Waals surface area (Å²) in [4.78, 5) is 0. The van der Waals surface area contributed by atoms with Crippen molar-refractivity contribution in [3.8, 4) is 11.5 Å². The van der Waals surface area contributed by atoms with Crippen LogP contribution in [0.3, 0.4) is 0 Å². The summed E-state index contributed by atoms with van der Waals surface area (Å²) >= 11 is 0. The van der Waals surface area contributed by atoms with E-state index in [1.54, 1.807) is 24.3 Å². The molecule has 0 radical (unpaired) electrons. The highest BCUT2D eigenvalue weighted by atomic mass is 19.1. The first-order valence-electron chi connectivity index (χ1n) is 6.02. The molecule has 0 saturated carbocycles. The van der Waals surface area contributed by atoms with Crippen LogP contribution in [0.4, 0.5) is 8.78 Å². The summed E-state index contributed by atoms with van der Waals surface area (Å²) in [6, 6.07) is 8.90. The molecular weight excluding hydrogens is 250 g/mol. The van der Waals surface area contributed by atoms with Crippen molar-refractivity contribution in [2.24, 2.45) is 0 Å². The molecule has 0 aliphatic carbocycles. The third-order valence-electron chi connectivity index (χ3n) is 3.01. The molecular formula is C15H14F2O2. The normalized spacial score (nSPS) is 10.6. The predicted octanol–water partition coefficient (Wildman–Crippen LogP) is 3.55. The molecule has 0 aliphatic heterocycles. The van der Waals surface area contributed by atoms with E-state index in [-0.39, 0.29) is 11.5 Å². The first-order valence-corrected chi connectivity index (χ1v) is 6.02. The van der Waals surface area contributed by atoms with Crippen LogP contribution in [0.25, 0.3) is 0 Å². The van der Waals surface area contributed by atoms with Crippen molar-refractivity contribution in [1.82, 2.24) is 0 Å². The highest BCUT2D eigenvalue weighted by molar-refractivity contribution is 5.31. The molecule has 0 fully saturated rings. The second-order valence-electron chi connectivity index (χ2n) is 4.35. The molecule has 0 saturated heterocycles. The fourth-order valence-corrected chi connectivity index (χ4v) is 1.99. The number of hydrogen-bond acceptors (Lipinski definition) is 2. The maximum absolute atomic E-state index is 13.5. The van der Waals surface area contributed by atoms with Gasteiger partial charge in [0.05, 0.1) is 0 Å². The maximum atomic E-state index is 13.5. The van der Waals surface area contributed by atoms with Gasteiger partial charge < -0.3 is 10.2 Å². The average Bonchev–Trinajstić information content (AvgIpc) is 2.39. The molecule has 2 aromatic rings. The molecule has 0 amide bonds. The van der Waals surface area contributed by atoms with Crippen molar-refractivity contribution in [3.05, 3.63) is 59.2 Å². The highest BCUT2D eigenvalue weighted by Gasteiger charge is 2.09. The van der Waals surface area contributed by atoms with Crippen molar-refractivity contribution in [3.63, 3.8) is 0 Å². The largest absolute Gasteiger partial charge is 0.505 e. The van der Waals surface area contributed by atoms with Gasteiger partial charge in [0.2, 0.25) is 0 Å². The van der Waals surface area contributed by atoms with E-state index >= 15 is 0 Å². The standard InChI is InChI=1S/C15H14F2O2/c16-14-10(6-2-8-12(14)18)4-1-5-11-7-3-9-13(19)15(11)17/h2-3,6-9,18-19H,1,4-5H2. The minimum atomic E-state index is -0.626. The van der Waals surface area contributed by atoms with E-state index < -0.39 is 11.6 Å². The van der Waals surface area contributed by atoms with Gasteiger partial charge in [-0.25, -0.2) is 8.78 Å². The quantitative estimate of drug-likeness (QED) is 0.886. The number of hydrogen-bond donors (Lipinski definition) is 2. The maximum Gasteiger partial charge on any atom is 0.167 e. The Bertz CT molecular complexity index is 531. The predicted molar refractivity (Wildman–Crippen MR) is 68.2 cm³/mol. The number of phenols is 2. The van der Waals surface area contributed by atoms with Crippen molar-refractivity contribution >= 4 is 0 Å². The van der Waals surface area contributed by atoms with Gasteiger partial charge >= 0.3 is 0 Å². The molecule has 2 rings (SSSR count). The Morgan fingerprint density at radius 1 is 0.737 bits per heavy atom. The summed E-state index contributed by atoms with van der Waals surface area (Å²) in [6.45, 7) is 0. The van der Waals surface area contributed by atoms with Crippen molar-refractivity contribution in [2.75, 3.05) is 0 Å². The van der Waals surface area contributed by atoms with Crippen LogP contribution < -0.4 is 0 Å². The van der Waals surface area contributed by atoms with E-state index in [9.17, 15) is 19.0 Å². The Morgan fingerprint density at radius 3 is 1.58 bits per heavy atom. The lowest BCUT2D eigenvalue weighted by Gasteiger charge is -2.06. The zero-order valence-corrected chi connectivity index (χ0v) is 10.2. The van der Waals surface area contributed by atoms with Crippen LogP contribution in [0, 0.1) is 11.6 Å². The lowest BCUT2D eigenvalue weighted by molar-refractivity contribution is 0.426. The third kappa shape index (κ3) is 3.02. The van der Waals surface area contributed by atoms with Crippen LogP contribution in [-0.4, -0.2) is 10.2 Å². The van der Waals surface area contributed by atoms with Gasteiger partial charge in [0.25, 0.3) is 0 Å². The zero-order valence-electron chi connectivity index (χ0n) is 10.2. The van der Waals surface area contributed by atoms with E-state index in [2.05, 4.69) is 0 Å². The topological polar surface area (TPSA) is 40.5 Å². The van der Waals surface area contributed by atoms with E-state index in [0.717, 1.165) is 0 Å². The molecule has 2 N–H and O–H groups in total. The molecule has 19 heavy (non-hydrogen) atoms. The van der Waals surface area contributed by atoms with Crippen molar-refractivity contribution in [2.45, 2.75) is 19.3 Å². The second kappa shape index (κ2) is 5.69. The SMILES string of the molecule is Oc1cccc(CCCc2cccc(O)c2F)c1F. The Labute approximate surface area is 110 Å². The molecule has 0 unspecified atom stereocenters. The van der Waals surface area contributed by atoms with Crippen LogP contribution in [0.1, 0.15) is 17.5 Å². The summed E-state index contributed by atoms with van der Waals surface area (Å²) in [5, 5.41) is 18.5. The molecule has 0 spiro atoms. The zero-order chi connectivity index (χ0) is 13.8. The van der Waals surface area contributed by atoms with Gasteiger partial charge in [0.15, 0.2) is 23.1 Å². The molecule has 4 heteroatoms. The van der Waals surface area contributed by atoms with E-state index in [1.165, 1.54) is 12.1 Å². The molecule has 2 aromatic carbocycles. The fraction of sp³-hybridized carbons (Fsp3) is 0.200. The van der Waals surface area contributed by atoms with Gasteiger partial charge in [0.1, 0.15) is 0 Å². The first kappa shape index (κ1) is 13.3. The number of halogens is 2. The highest BCUT2D eigenvalue weighted by Crippen LogP contribution is 2.22. The van der Waals surface area contributed by atoms with Gasteiger partial charge in [-0.15, -0.1) is 0 Å². The Morgan fingerprint density at radius 2 is 1.16 bits per heavy atom. The fourth-order valence-electron chi connectivity index (χ4n) is 1.99. The van der Waals surface area contributed by atoms with Crippen LogP contribution in [0.5, 0.6) is 11.5 Å². The van der Waals surface area contributed by atoms with E-state index in [1.807, 2.05) is 0 Å². The minimum absolute atomic E-state index is 0.374. The third-order valence-corrected chi connectivity index (χ3v) is 3.01. The number of rotatable bonds is 4. The number of aromatic hydroxyl groups is 2. The molecule has 0 bridgehead atoms. The monoisotopic (exact) mass is 264 g/mol. The average molecular weight is 264 g/mol. The molecule has 0 aromatic heterocycles. The van der Waals surface area contributed by atoms with Gasteiger partial charge in [-0.05, 0) is 42.5 Å². The molecule has 0 atom stereocenters. The summed E-state index contributed by atoms with van der Waals surface area (Å²) in [6.07, 6.45) is 1.32. The number of phenolic OH excluding ortho intramolecular Hbond substituents is 2. The van der Waals surface area contributed by atoms with Crippen LogP contribution in [0.2, 0.25) is 0 Å². The van der Waals surface area contributed by atoms with Crippen LogP contribution in [-0.2, 0) is 12.8 Å². The summed E-state index contributed by atoms with van der Waals surface area (Å²) < 4.78 is 27.0. The Hall–Kier alpha value is -2.10. The second-order valence-corrected chi connectivity index (χ2v) is 4.35. The van der Waals surface area contributed by atoms with Gasteiger partial charge in [-0.3, -0.25) is 0 Å². The Kier molecular flexibility index (Phi) is 4.00. The molecule has 100 valence electrons. The lowest BCUT2D eigenvalue weighted by Crippen LogP contribution is -1.96. The summed E-state index contributed by atoms with van der Waals surface area (Å²) in [5.74, 6) is -2.00. The minimum Gasteiger partial charge on any atom is -0.505 e. The van der Waals surface area contributed by atoms with Gasteiger partial charge in [-0.1, -0.05) is 24.3 Å². The molecule has 0 aliphatic rings. The summed E-state index contributed by atoms with van der Waals surface area (Å²) in [5.41, 5.74) is 0.807. The van der Waals surface area contributed by atoms with E-state index in [0.29, 0.717) is 30.4 Å². The van der Waals surface area contributed by atoms with Crippen molar-refractivity contribution in [1.29, 1.82) is 0 Å². The number of aryl methyl sites for hydroxylation is 2. The smallest absolute Gasteiger partial charge is 0.167 e. The van der Waals surface area contributed by atoms with Gasteiger partial charge in [0, 0.05) is 0 Å². The van der Waals surface area contributed by atoms with E-state index in [4.69, 9.17) is 0 Å². The van der Waals surface area contributed by atoms with Crippen LogP contribution >= 0.6 is 0 Å². The first-order chi connectivity index (χ1) is 9.09. The molecule has 0 heterocycles. The lowest BCUT2D eigenvalue weighted by atomic mass is 10.0. The van der Waals surface area contributed by atoms with Crippen molar-refractivity contribution < 1.29 is 19.0 Å².